The van der Waals surface area contributed by atoms with Crippen LogP contribution in [0.3, 0.4) is 0 Å². The number of esters is 1. The quantitative estimate of drug-likeness (QED) is 0.160. The molecule has 0 aromatic carbocycles. The van der Waals surface area contributed by atoms with Gasteiger partial charge in [-0.2, -0.15) is 0 Å². The van der Waals surface area contributed by atoms with Crippen LogP contribution in [0.25, 0.3) is 0 Å². The molecule has 0 rings (SSSR count). The van der Waals surface area contributed by atoms with Gasteiger partial charge in [0, 0.05) is 0 Å². The number of carboxylic acids is 1. The summed E-state index contributed by atoms with van der Waals surface area (Å²) in [7, 11) is 0. The molecule has 154 valence electrons. The Bertz CT molecular complexity index is 341. The normalized spacial score (nSPS) is 12.1. The largest absolute Gasteiger partial charge is 0.481 e. The van der Waals surface area contributed by atoms with E-state index in [9.17, 15) is 9.59 Å². The van der Waals surface area contributed by atoms with Gasteiger partial charge >= 0.3 is 11.9 Å². The van der Waals surface area contributed by atoms with Crippen LogP contribution >= 0.6 is 0 Å². The van der Waals surface area contributed by atoms with Crippen LogP contribution in [0.5, 0.6) is 0 Å². The first kappa shape index (κ1) is 24.9. The molecular formula is C22H42O4. The minimum atomic E-state index is -1.12. The summed E-state index contributed by atoms with van der Waals surface area (Å²) >= 11 is 0. The summed E-state index contributed by atoms with van der Waals surface area (Å²) in [4.78, 5) is 22.0. The monoisotopic (exact) mass is 370 g/mol. The second kappa shape index (κ2) is 18.7. The minimum Gasteiger partial charge on any atom is -0.481 e. The fourth-order valence-corrected chi connectivity index (χ4v) is 3.05. The molecule has 0 aliphatic rings. The molecule has 0 saturated carbocycles. The van der Waals surface area contributed by atoms with Crippen molar-refractivity contribution in [3.63, 3.8) is 0 Å². The molecule has 0 aromatic rings. The number of hydrogen-bond acceptors (Lipinski definition) is 3. The Hall–Kier alpha value is -1.06. The number of aliphatic carboxylic acids is 1. The number of carboxylic acid groups (broad SMARTS) is 1. The summed E-state index contributed by atoms with van der Waals surface area (Å²) < 4.78 is 4.96. The van der Waals surface area contributed by atoms with E-state index < -0.39 is 17.9 Å². The highest BCUT2D eigenvalue weighted by Crippen LogP contribution is 2.13. The van der Waals surface area contributed by atoms with E-state index in [0.29, 0.717) is 6.61 Å². The van der Waals surface area contributed by atoms with E-state index in [-0.39, 0.29) is 0 Å². The first-order valence-electron chi connectivity index (χ1n) is 11.0. The van der Waals surface area contributed by atoms with Crippen molar-refractivity contribution in [1.29, 1.82) is 0 Å². The summed E-state index contributed by atoms with van der Waals surface area (Å²) in [6.45, 7) is 3.97. The maximum absolute atomic E-state index is 11.3. The molecular weight excluding hydrogens is 328 g/mol. The first-order chi connectivity index (χ1) is 12.6. The van der Waals surface area contributed by atoms with Gasteiger partial charge in [0.25, 0.3) is 0 Å². The maximum Gasteiger partial charge on any atom is 0.320 e. The maximum atomic E-state index is 11.3. The Kier molecular flexibility index (Phi) is 18.0. The van der Waals surface area contributed by atoms with Crippen molar-refractivity contribution in [1.82, 2.24) is 0 Å². The van der Waals surface area contributed by atoms with Crippen molar-refractivity contribution in [3.05, 3.63) is 0 Å². The van der Waals surface area contributed by atoms with Gasteiger partial charge in [0.15, 0.2) is 5.92 Å². The molecule has 4 nitrogen and oxygen atoms in total. The van der Waals surface area contributed by atoms with Gasteiger partial charge in [0.2, 0.25) is 0 Å². The lowest BCUT2D eigenvalue weighted by Gasteiger charge is -2.07. The Balaban J connectivity index is 3.16. The lowest BCUT2D eigenvalue weighted by Crippen LogP contribution is -2.23. The van der Waals surface area contributed by atoms with Crippen LogP contribution in [0.2, 0.25) is 0 Å². The third-order valence-corrected chi connectivity index (χ3v) is 4.97. The average molecular weight is 371 g/mol. The van der Waals surface area contributed by atoms with E-state index in [2.05, 4.69) is 6.92 Å². The summed E-state index contributed by atoms with van der Waals surface area (Å²) in [5.41, 5.74) is 0. The van der Waals surface area contributed by atoms with Crippen LogP contribution in [0.1, 0.15) is 117 Å². The smallest absolute Gasteiger partial charge is 0.320 e. The predicted octanol–water partition coefficient (Wildman–Crippen LogP) is 6.51. The highest BCUT2D eigenvalue weighted by Gasteiger charge is 2.21. The zero-order valence-electron chi connectivity index (χ0n) is 17.3. The molecule has 0 spiro atoms. The molecule has 1 N–H and O–H groups in total. The highest BCUT2D eigenvalue weighted by molar-refractivity contribution is 5.93. The molecule has 0 aliphatic heterocycles. The molecule has 1 atom stereocenters. The molecule has 4 heteroatoms. The van der Waals surface area contributed by atoms with Gasteiger partial charge in [0.05, 0.1) is 6.61 Å². The molecule has 0 fully saturated rings. The fraction of sp³-hybridized carbons (Fsp3) is 0.909. The minimum absolute atomic E-state index is 0.342. The van der Waals surface area contributed by atoms with Gasteiger partial charge in [-0.1, -0.05) is 103 Å². The van der Waals surface area contributed by atoms with Crippen molar-refractivity contribution < 1.29 is 19.4 Å². The van der Waals surface area contributed by atoms with E-state index in [1.165, 1.54) is 96.8 Å². The number of carbonyl (C=O) groups is 2. The molecule has 26 heavy (non-hydrogen) atoms. The predicted molar refractivity (Wildman–Crippen MR) is 107 cm³/mol. The second-order valence-corrected chi connectivity index (χ2v) is 7.53. The zero-order valence-corrected chi connectivity index (χ0v) is 17.3. The van der Waals surface area contributed by atoms with Crippen molar-refractivity contribution in [2.75, 3.05) is 6.61 Å². The average Bonchev–Trinajstić information content (AvgIpc) is 2.63. The van der Waals surface area contributed by atoms with Crippen LogP contribution < -0.4 is 0 Å². The van der Waals surface area contributed by atoms with Crippen molar-refractivity contribution in [2.24, 2.45) is 5.92 Å². The standard InChI is InChI=1S/C22H42O4/c1-3-4-5-6-7-8-9-10-11-12-13-14-15-16-17-18-19-26-22(25)20(2)21(23)24/h20H,3-19H2,1-2H3,(H,23,24). The van der Waals surface area contributed by atoms with Crippen LogP contribution in [0.15, 0.2) is 0 Å². The fourth-order valence-electron chi connectivity index (χ4n) is 3.05. The molecule has 1 unspecified atom stereocenters. The van der Waals surface area contributed by atoms with Gasteiger partial charge in [-0.05, 0) is 13.3 Å². The molecule has 0 amide bonds. The van der Waals surface area contributed by atoms with E-state index in [0.717, 1.165) is 12.8 Å². The number of carbonyl (C=O) groups excluding carboxylic acids is 1. The molecule has 0 heterocycles. The Morgan fingerprint density at radius 3 is 1.38 bits per heavy atom. The van der Waals surface area contributed by atoms with Gasteiger partial charge < -0.3 is 9.84 Å². The third kappa shape index (κ3) is 16.4. The van der Waals surface area contributed by atoms with Crippen molar-refractivity contribution >= 4 is 11.9 Å². The number of unbranched alkanes of at least 4 members (excludes halogenated alkanes) is 15. The van der Waals surface area contributed by atoms with Crippen molar-refractivity contribution in [2.45, 2.75) is 117 Å². The van der Waals surface area contributed by atoms with Crippen molar-refractivity contribution in [3.8, 4) is 0 Å². The van der Waals surface area contributed by atoms with Gasteiger partial charge in [-0.15, -0.1) is 0 Å². The number of rotatable bonds is 19. The molecule has 0 aliphatic carbocycles. The van der Waals surface area contributed by atoms with E-state index in [1.807, 2.05) is 0 Å². The summed E-state index contributed by atoms with van der Waals surface area (Å²) in [6, 6.07) is 0. The van der Waals surface area contributed by atoms with E-state index in [1.54, 1.807) is 0 Å². The highest BCUT2D eigenvalue weighted by atomic mass is 16.5. The summed E-state index contributed by atoms with van der Waals surface area (Å²) in [6.07, 6.45) is 20.9. The molecule has 0 bridgehead atoms. The van der Waals surface area contributed by atoms with Crippen LogP contribution in [0, 0.1) is 5.92 Å². The number of ether oxygens (including phenoxy) is 1. The Morgan fingerprint density at radius 1 is 0.692 bits per heavy atom. The molecule has 0 aromatic heterocycles. The van der Waals surface area contributed by atoms with E-state index >= 15 is 0 Å². The van der Waals surface area contributed by atoms with Crippen LogP contribution in [-0.4, -0.2) is 23.7 Å². The third-order valence-electron chi connectivity index (χ3n) is 4.97. The Morgan fingerprint density at radius 2 is 1.04 bits per heavy atom. The lowest BCUT2D eigenvalue weighted by atomic mass is 10.0. The first-order valence-corrected chi connectivity index (χ1v) is 11.0. The second-order valence-electron chi connectivity index (χ2n) is 7.53. The van der Waals surface area contributed by atoms with Gasteiger partial charge in [-0.25, -0.2) is 0 Å². The van der Waals surface area contributed by atoms with Crippen LogP contribution in [0.4, 0.5) is 0 Å². The van der Waals surface area contributed by atoms with Gasteiger partial charge in [0.1, 0.15) is 0 Å². The van der Waals surface area contributed by atoms with Crippen LogP contribution in [-0.2, 0) is 14.3 Å². The SMILES string of the molecule is CCCCCCCCCCCCCCCCCCOC(=O)C(C)C(=O)O. The van der Waals surface area contributed by atoms with E-state index in [4.69, 9.17) is 9.84 Å². The summed E-state index contributed by atoms with van der Waals surface area (Å²) in [5.74, 6) is -2.81. The summed E-state index contributed by atoms with van der Waals surface area (Å²) in [5, 5.41) is 8.70. The molecule has 0 saturated heterocycles. The number of hydrogen-bond donors (Lipinski definition) is 1. The Labute approximate surface area is 161 Å². The van der Waals surface area contributed by atoms with Gasteiger partial charge in [-0.3, -0.25) is 9.59 Å². The molecule has 0 radical (unpaired) electrons. The topological polar surface area (TPSA) is 63.6 Å². The lowest BCUT2D eigenvalue weighted by molar-refractivity contribution is -0.157. The zero-order chi connectivity index (χ0) is 19.5.